The molecule has 0 saturated carbocycles. The van der Waals surface area contributed by atoms with Crippen LogP contribution in [-0.2, 0) is 0 Å². The number of nitrogens with one attached hydrogen (secondary N) is 1. The molecule has 0 amide bonds. The summed E-state index contributed by atoms with van der Waals surface area (Å²) >= 11 is 6.93. The van der Waals surface area contributed by atoms with Gasteiger partial charge in [0.15, 0.2) is 0 Å². The molecule has 0 fully saturated rings. The van der Waals surface area contributed by atoms with E-state index in [2.05, 4.69) is 56.1 Å². The first-order valence-electron chi connectivity index (χ1n) is 4.27. The molecular formula is C11H11Br2N. The monoisotopic (exact) mass is 315 g/mol. The molecule has 0 heterocycles. The molecule has 0 aliphatic heterocycles. The highest BCUT2D eigenvalue weighted by molar-refractivity contribution is 9.11. The van der Waals surface area contributed by atoms with Crippen LogP contribution in [0.1, 0.15) is 18.5 Å². The smallest absolute Gasteiger partial charge is 0.0578 e. The third-order valence-corrected chi connectivity index (χ3v) is 3.12. The molecule has 0 bridgehead atoms. The minimum atomic E-state index is 0.258. The van der Waals surface area contributed by atoms with E-state index in [9.17, 15) is 0 Å². The molecule has 1 nitrogen and oxygen atoms in total. The van der Waals surface area contributed by atoms with E-state index < -0.39 is 0 Å². The third kappa shape index (κ3) is 3.13. The topological polar surface area (TPSA) is 12.0 Å². The molecule has 0 aliphatic carbocycles. The molecular weight excluding hydrogens is 306 g/mol. The summed E-state index contributed by atoms with van der Waals surface area (Å²) in [6, 6.07) is 6.38. The minimum Gasteiger partial charge on any atom is -0.300 e. The van der Waals surface area contributed by atoms with Gasteiger partial charge in [0.1, 0.15) is 0 Å². The molecule has 0 saturated heterocycles. The molecule has 3 heteroatoms. The summed E-state index contributed by atoms with van der Waals surface area (Å²) in [6.45, 7) is 2.68. The van der Waals surface area contributed by atoms with Crippen LogP contribution in [0, 0.1) is 12.3 Å². The molecule has 1 aromatic rings. The Kier molecular flexibility index (Phi) is 4.67. The van der Waals surface area contributed by atoms with Crippen molar-refractivity contribution in [3.63, 3.8) is 0 Å². The van der Waals surface area contributed by atoms with Gasteiger partial charge in [-0.15, -0.1) is 6.42 Å². The molecule has 1 rings (SSSR count). The summed E-state index contributed by atoms with van der Waals surface area (Å²) in [7, 11) is 0. The summed E-state index contributed by atoms with van der Waals surface area (Å²) in [4.78, 5) is 0. The van der Waals surface area contributed by atoms with Crippen molar-refractivity contribution >= 4 is 31.9 Å². The van der Waals surface area contributed by atoms with Gasteiger partial charge in [0.25, 0.3) is 0 Å². The van der Waals surface area contributed by atoms with Crippen LogP contribution in [0.3, 0.4) is 0 Å². The lowest BCUT2D eigenvalue weighted by Gasteiger charge is -2.14. The molecule has 1 N–H and O–H groups in total. The quantitative estimate of drug-likeness (QED) is 0.842. The maximum absolute atomic E-state index is 5.19. The van der Waals surface area contributed by atoms with Crippen molar-refractivity contribution in [3.05, 3.63) is 32.7 Å². The van der Waals surface area contributed by atoms with Crippen molar-refractivity contribution in [1.29, 1.82) is 0 Å². The van der Waals surface area contributed by atoms with Crippen molar-refractivity contribution in [2.45, 2.75) is 13.0 Å². The summed E-state index contributed by atoms with van der Waals surface area (Å²) < 4.78 is 2.15. The number of hydrogen-bond donors (Lipinski definition) is 1. The van der Waals surface area contributed by atoms with E-state index in [1.165, 1.54) is 5.56 Å². The maximum atomic E-state index is 5.19. The first kappa shape index (κ1) is 11.8. The second-order valence-corrected chi connectivity index (χ2v) is 4.74. The van der Waals surface area contributed by atoms with E-state index in [0.717, 1.165) is 8.95 Å². The zero-order valence-corrected chi connectivity index (χ0v) is 11.0. The standard InChI is InChI=1S/C11H11Br2N/c1-3-6-14-8(2)10-5-4-9(12)7-11(10)13/h1,4-5,7-8,14H,6H2,2H3. The molecule has 0 aromatic heterocycles. The van der Waals surface area contributed by atoms with Gasteiger partial charge in [-0.1, -0.05) is 43.8 Å². The third-order valence-electron chi connectivity index (χ3n) is 1.94. The van der Waals surface area contributed by atoms with E-state index in [-0.39, 0.29) is 6.04 Å². The second kappa shape index (κ2) is 5.55. The Hall–Kier alpha value is -0.300. The molecule has 0 spiro atoms. The average Bonchev–Trinajstić information content (AvgIpc) is 2.14. The van der Waals surface area contributed by atoms with E-state index in [4.69, 9.17) is 6.42 Å². The van der Waals surface area contributed by atoms with Gasteiger partial charge in [-0.2, -0.15) is 0 Å². The van der Waals surface area contributed by atoms with Gasteiger partial charge < -0.3 is 0 Å². The summed E-state index contributed by atoms with van der Waals surface area (Å²) in [5.41, 5.74) is 1.21. The number of rotatable bonds is 3. The fourth-order valence-electron chi connectivity index (χ4n) is 1.17. The van der Waals surface area contributed by atoms with E-state index in [1.54, 1.807) is 0 Å². The Bertz CT molecular complexity index is 355. The fraction of sp³-hybridized carbons (Fsp3) is 0.273. The zero-order chi connectivity index (χ0) is 10.6. The number of benzene rings is 1. The normalized spacial score (nSPS) is 12.1. The second-order valence-electron chi connectivity index (χ2n) is 2.97. The Labute approximate surface area is 102 Å². The lowest BCUT2D eigenvalue weighted by molar-refractivity contribution is 0.621. The van der Waals surface area contributed by atoms with Gasteiger partial charge in [-0.3, -0.25) is 5.32 Å². The zero-order valence-electron chi connectivity index (χ0n) is 7.85. The first-order valence-corrected chi connectivity index (χ1v) is 5.85. The maximum Gasteiger partial charge on any atom is 0.0578 e. The van der Waals surface area contributed by atoms with Crippen LogP contribution in [0.4, 0.5) is 0 Å². The van der Waals surface area contributed by atoms with Gasteiger partial charge >= 0.3 is 0 Å². The van der Waals surface area contributed by atoms with Crippen LogP contribution in [0.2, 0.25) is 0 Å². The predicted molar refractivity (Wildman–Crippen MR) is 67.1 cm³/mol. The SMILES string of the molecule is C#CCNC(C)c1ccc(Br)cc1Br. The molecule has 1 unspecified atom stereocenters. The Morgan fingerprint density at radius 3 is 2.79 bits per heavy atom. The van der Waals surface area contributed by atoms with Gasteiger partial charge in [-0.25, -0.2) is 0 Å². The number of terminal acetylenes is 1. The van der Waals surface area contributed by atoms with Crippen molar-refractivity contribution < 1.29 is 0 Å². The molecule has 1 atom stereocenters. The predicted octanol–water partition coefficient (Wildman–Crippen LogP) is 3.50. The van der Waals surface area contributed by atoms with Crippen LogP contribution in [0.5, 0.6) is 0 Å². The van der Waals surface area contributed by atoms with Crippen molar-refractivity contribution in [1.82, 2.24) is 5.32 Å². The Morgan fingerprint density at radius 2 is 2.21 bits per heavy atom. The van der Waals surface area contributed by atoms with Gasteiger partial charge in [-0.05, 0) is 24.6 Å². The molecule has 1 aromatic carbocycles. The molecule has 14 heavy (non-hydrogen) atoms. The van der Waals surface area contributed by atoms with Crippen LogP contribution < -0.4 is 5.32 Å². The molecule has 0 aliphatic rings. The average molecular weight is 317 g/mol. The molecule has 74 valence electrons. The lowest BCUT2D eigenvalue weighted by Crippen LogP contribution is -2.18. The minimum absolute atomic E-state index is 0.258. The Morgan fingerprint density at radius 1 is 1.50 bits per heavy atom. The highest BCUT2D eigenvalue weighted by Crippen LogP contribution is 2.26. The highest BCUT2D eigenvalue weighted by atomic mass is 79.9. The van der Waals surface area contributed by atoms with Crippen molar-refractivity contribution in [3.8, 4) is 12.3 Å². The summed E-state index contributed by atoms with van der Waals surface area (Å²) in [5.74, 6) is 2.56. The van der Waals surface area contributed by atoms with Crippen molar-refractivity contribution in [2.24, 2.45) is 0 Å². The van der Waals surface area contributed by atoms with Crippen LogP contribution in [0.25, 0.3) is 0 Å². The Balaban J connectivity index is 2.80. The van der Waals surface area contributed by atoms with Crippen LogP contribution in [0.15, 0.2) is 27.1 Å². The van der Waals surface area contributed by atoms with E-state index >= 15 is 0 Å². The van der Waals surface area contributed by atoms with Gasteiger partial charge in [0.05, 0.1) is 6.54 Å². The highest BCUT2D eigenvalue weighted by Gasteiger charge is 2.07. The van der Waals surface area contributed by atoms with Crippen LogP contribution in [-0.4, -0.2) is 6.54 Å². The first-order chi connectivity index (χ1) is 6.65. The van der Waals surface area contributed by atoms with E-state index in [1.807, 2.05) is 12.1 Å². The van der Waals surface area contributed by atoms with E-state index in [0.29, 0.717) is 6.54 Å². The van der Waals surface area contributed by atoms with Crippen molar-refractivity contribution in [2.75, 3.05) is 6.54 Å². The van der Waals surface area contributed by atoms with Gasteiger partial charge in [0.2, 0.25) is 0 Å². The van der Waals surface area contributed by atoms with Gasteiger partial charge in [0, 0.05) is 15.0 Å². The van der Waals surface area contributed by atoms with Crippen LogP contribution >= 0.6 is 31.9 Å². The summed E-state index contributed by atoms with van der Waals surface area (Å²) in [5, 5.41) is 3.23. The largest absolute Gasteiger partial charge is 0.300 e. The summed E-state index contributed by atoms with van der Waals surface area (Å²) in [6.07, 6.45) is 5.19. The molecule has 0 radical (unpaired) electrons. The lowest BCUT2D eigenvalue weighted by atomic mass is 10.1. The fourth-order valence-corrected chi connectivity index (χ4v) is 2.57. The number of halogens is 2. The number of hydrogen-bond acceptors (Lipinski definition) is 1.